The molecular formula is C4H6N4OS. The van der Waals surface area contributed by atoms with Crippen LogP contribution in [0.25, 0.3) is 0 Å². The summed E-state index contributed by atoms with van der Waals surface area (Å²) >= 11 is 1.34. The molecule has 0 N–H and O–H groups in total. The first kappa shape index (κ1) is 7.20. The van der Waals surface area contributed by atoms with E-state index in [1.807, 2.05) is 6.26 Å². The molecule has 0 bridgehead atoms. The number of carbonyl (C=O) groups excluding carboxylic acids is 1. The molecule has 0 aromatic carbocycles. The highest BCUT2D eigenvalue weighted by molar-refractivity contribution is 7.98. The maximum Gasteiger partial charge on any atom is 0.247 e. The highest BCUT2D eigenvalue weighted by Gasteiger charge is 2.06. The summed E-state index contributed by atoms with van der Waals surface area (Å²) in [6.07, 6.45) is 1.81. The first-order valence-corrected chi connectivity index (χ1v) is 3.81. The lowest BCUT2D eigenvalue weighted by Gasteiger charge is -1.92. The summed E-state index contributed by atoms with van der Waals surface area (Å²) in [6, 6.07) is 0. The van der Waals surface area contributed by atoms with Gasteiger partial charge in [-0.3, -0.25) is 4.79 Å². The van der Waals surface area contributed by atoms with Crippen LogP contribution in [-0.4, -0.2) is 32.4 Å². The number of hydrogen-bond acceptors (Lipinski definition) is 5. The van der Waals surface area contributed by atoms with E-state index in [1.165, 1.54) is 18.7 Å². The fourth-order valence-electron chi connectivity index (χ4n) is 0.504. The zero-order chi connectivity index (χ0) is 7.56. The van der Waals surface area contributed by atoms with Crippen LogP contribution in [0.5, 0.6) is 0 Å². The molecule has 0 aliphatic carbocycles. The second kappa shape index (κ2) is 2.78. The fourth-order valence-corrected chi connectivity index (χ4v) is 0.960. The van der Waals surface area contributed by atoms with Gasteiger partial charge in [-0.1, -0.05) is 11.8 Å². The number of carbonyl (C=O) groups is 1. The Bertz CT molecular complexity index is 245. The molecule has 1 rings (SSSR count). The number of nitrogens with zero attached hydrogens (tertiary/aromatic N) is 4. The van der Waals surface area contributed by atoms with Gasteiger partial charge >= 0.3 is 0 Å². The summed E-state index contributed by atoms with van der Waals surface area (Å²) in [6.45, 7) is 1.41. The van der Waals surface area contributed by atoms with E-state index in [9.17, 15) is 4.79 Å². The standard InChI is InChI=1S/C4H6N4OS/c1-3(9)8-4(10-2)5-6-7-8/h1-2H3. The lowest BCUT2D eigenvalue weighted by molar-refractivity contribution is 0.0907. The third kappa shape index (κ3) is 1.15. The van der Waals surface area contributed by atoms with Crippen LogP contribution in [0.2, 0.25) is 0 Å². The number of aromatic nitrogens is 4. The molecule has 1 aromatic rings. The van der Waals surface area contributed by atoms with Crippen LogP contribution in [0.15, 0.2) is 5.16 Å². The molecule has 0 aliphatic heterocycles. The maximum absolute atomic E-state index is 10.7. The predicted molar refractivity (Wildman–Crippen MR) is 35.9 cm³/mol. The molecule has 5 nitrogen and oxygen atoms in total. The zero-order valence-corrected chi connectivity index (χ0v) is 6.42. The Kier molecular flexibility index (Phi) is 2.00. The van der Waals surface area contributed by atoms with Crippen molar-refractivity contribution in [1.82, 2.24) is 20.2 Å². The molecule has 0 spiro atoms. The van der Waals surface area contributed by atoms with Gasteiger partial charge in [0.25, 0.3) is 0 Å². The number of thioether (sulfide) groups is 1. The second-order valence-electron chi connectivity index (χ2n) is 1.60. The number of rotatable bonds is 1. The molecule has 0 atom stereocenters. The monoisotopic (exact) mass is 158 g/mol. The van der Waals surface area contributed by atoms with E-state index in [2.05, 4.69) is 15.5 Å². The SMILES string of the molecule is CSc1nnnn1C(C)=O. The smallest absolute Gasteiger partial charge is 0.247 e. The summed E-state index contributed by atoms with van der Waals surface area (Å²) in [5.41, 5.74) is 0. The van der Waals surface area contributed by atoms with Gasteiger partial charge in [0.15, 0.2) is 0 Å². The average Bonchev–Trinajstić information content (AvgIpc) is 2.33. The summed E-state index contributed by atoms with van der Waals surface area (Å²) in [7, 11) is 0. The molecule has 1 aromatic heterocycles. The summed E-state index contributed by atoms with van der Waals surface area (Å²) in [5, 5.41) is 10.9. The van der Waals surface area contributed by atoms with Crippen molar-refractivity contribution in [3.63, 3.8) is 0 Å². The Morgan fingerprint density at radius 1 is 1.70 bits per heavy atom. The Balaban J connectivity index is 3.01. The normalized spacial score (nSPS) is 9.80. The average molecular weight is 158 g/mol. The molecule has 0 saturated heterocycles. The van der Waals surface area contributed by atoms with Crippen LogP contribution in [-0.2, 0) is 0 Å². The van der Waals surface area contributed by atoms with Gasteiger partial charge in [-0.05, 0) is 16.7 Å². The van der Waals surface area contributed by atoms with Crippen LogP contribution < -0.4 is 0 Å². The van der Waals surface area contributed by atoms with Crippen molar-refractivity contribution in [3.8, 4) is 0 Å². The van der Waals surface area contributed by atoms with E-state index < -0.39 is 0 Å². The Morgan fingerprint density at radius 3 is 2.80 bits per heavy atom. The molecule has 0 amide bonds. The molecule has 54 valence electrons. The third-order valence-corrected chi connectivity index (χ3v) is 1.54. The highest BCUT2D eigenvalue weighted by Crippen LogP contribution is 2.07. The van der Waals surface area contributed by atoms with Gasteiger partial charge in [0, 0.05) is 6.92 Å². The van der Waals surface area contributed by atoms with Crippen molar-refractivity contribution >= 4 is 17.7 Å². The molecule has 10 heavy (non-hydrogen) atoms. The van der Waals surface area contributed by atoms with Gasteiger partial charge in [0.05, 0.1) is 0 Å². The van der Waals surface area contributed by atoms with Gasteiger partial charge in [0.1, 0.15) is 0 Å². The van der Waals surface area contributed by atoms with Crippen LogP contribution in [0.1, 0.15) is 11.7 Å². The summed E-state index contributed by atoms with van der Waals surface area (Å²) < 4.78 is 1.16. The second-order valence-corrected chi connectivity index (χ2v) is 2.37. The Hall–Kier alpha value is -0.910. The first-order chi connectivity index (χ1) is 4.75. The van der Waals surface area contributed by atoms with E-state index >= 15 is 0 Å². The Labute approximate surface area is 61.8 Å². The van der Waals surface area contributed by atoms with Crippen molar-refractivity contribution < 1.29 is 4.79 Å². The number of tetrazole rings is 1. The number of hydrogen-bond donors (Lipinski definition) is 0. The quantitative estimate of drug-likeness (QED) is 0.427. The molecule has 0 aliphatic rings. The van der Waals surface area contributed by atoms with Gasteiger partial charge < -0.3 is 0 Å². The molecule has 0 unspecified atom stereocenters. The van der Waals surface area contributed by atoms with Crippen molar-refractivity contribution in [3.05, 3.63) is 0 Å². The van der Waals surface area contributed by atoms with Crippen molar-refractivity contribution in [1.29, 1.82) is 0 Å². The lowest BCUT2D eigenvalue weighted by atomic mass is 10.7. The lowest BCUT2D eigenvalue weighted by Crippen LogP contribution is -2.08. The molecule has 0 saturated carbocycles. The van der Waals surface area contributed by atoms with Gasteiger partial charge in [-0.15, -0.1) is 5.10 Å². The van der Waals surface area contributed by atoms with Gasteiger partial charge in [0.2, 0.25) is 11.1 Å². The largest absolute Gasteiger partial charge is 0.273 e. The Morgan fingerprint density at radius 2 is 2.40 bits per heavy atom. The van der Waals surface area contributed by atoms with E-state index in [1.54, 1.807) is 0 Å². The molecule has 6 heteroatoms. The van der Waals surface area contributed by atoms with Gasteiger partial charge in [-0.25, -0.2) is 0 Å². The predicted octanol–water partition coefficient (Wildman–Crippen LogP) is 0.0551. The van der Waals surface area contributed by atoms with E-state index in [0.717, 1.165) is 4.68 Å². The summed E-state index contributed by atoms with van der Waals surface area (Å²) in [5.74, 6) is -0.172. The van der Waals surface area contributed by atoms with Crippen molar-refractivity contribution in [2.45, 2.75) is 12.1 Å². The maximum atomic E-state index is 10.7. The van der Waals surface area contributed by atoms with E-state index in [0.29, 0.717) is 5.16 Å². The van der Waals surface area contributed by atoms with E-state index in [4.69, 9.17) is 0 Å². The fraction of sp³-hybridized carbons (Fsp3) is 0.500. The van der Waals surface area contributed by atoms with Crippen LogP contribution in [0.3, 0.4) is 0 Å². The first-order valence-electron chi connectivity index (χ1n) is 2.59. The van der Waals surface area contributed by atoms with Crippen LogP contribution in [0.4, 0.5) is 0 Å². The minimum atomic E-state index is -0.172. The topological polar surface area (TPSA) is 60.7 Å². The molecular weight excluding hydrogens is 152 g/mol. The van der Waals surface area contributed by atoms with E-state index in [-0.39, 0.29) is 5.91 Å². The van der Waals surface area contributed by atoms with Crippen LogP contribution >= 0.6 is 11.8 Å². The summed E-state index contributed by atoms with van der Waals surface area (Å²) in [4.78, 5) is 10.7. The molecule has 0 fully saturated rings. The molecule has 1 heterocycles. The van der Waals surface area contributed by atoms with Crippen LogP contribution in [0, 0.1) is 0 Å². The minimum absolute atomic E-state index is 0.172. The highest BCUT2D eigenvalue weighted by atomic mass is 32.2. The molecule has 0 radical (unpaired) electrons. The zero-order valence-electron chi connectivity index (χ0n) is 5.61. The van der Waals surface area contributed by atoms with Crippen molar-refractivity contribution in [2.75, 3.05) is 6.26 Å². The van der Waals surface area contributed by atoms with Gasteiger partial charge in [-0.2, -0.15) is 4.68 Å². The minimum Gasteiger partial charge on any atom is -0.273 e. The van der Waals surface area contributed by atoms with Crippen molar-refractivity contribution in [2.24, 2.45) is 0 Å². The third-order valence-electron chi connectivity index (χ3n) is 0.922.